The summed E-state index contributed by atoms with van der Waals surface area (Å²) in [4.78, 5) is 16.7. The van der Waals surface area contributed by atoms with Crippen LogP contribution >= 0.6 is 0 Å². The second-order valence-electron chi connectivity index (χ2n) is 6.07. The lowest BCUT2D eigenvalue weighted by molar-refractivity contribution is -0.131. The van der Waals surface area contributed by atoms with Crippen molar-refractivity contribution in [3.63, 3.8) is 0 Å². The Bertz CT molecular complexity index is 279. The molecule has 1 aliphatic heterocycles. The molecule has 1 saturated carbocycles. The van der Waals surface area contributed by atoms with E-state index in [2.05, 4.69) is 9.80 Å². The molecule has 0 aromatic rings. The maximum atomic E-state index is 12.1. The molecule has 2 N–H and O–H groups in total. The van der Waals surface area contributed by atoms with Gasteiger partial charge in [0.05, 0.1) is 0 Å². The topological polar surface area (TPSA) is 49.6 Å². The molecular weight excluding hydrogens is 238 g/mol. The highest BCUT2D eigenvalue weighted by Crippen LogP contribution is 2.32. The highest BCUT2D eigenvalue weighted by molar-refractivity contribution is 5.76. The normalized spacial score (nSPS) is 21.4. The fraction of sp³-hybridized carbons (Fsp3) is 0.933. The third-order valence-electron chi connectivity index (χ3n) is 4.28. The number of nitrogens with two attached hydrogens (primary N) is 1. The summed E-state index contributed by atoms with van der Waals surface area (Å²) >= 11 is 0. The van der Waals surface area contributed by atoms with Crippen molar-refractivity contribution >= 4 is 5.91 Å². The fourth-order valence-corrected chi connectivity index (χ4v) is 2.80. The van der Waals surface area contributed by atoms with Crippen molar-refractivity contribution in [2.24, 2.45) is 11.7 Å². The highest BCUT2D eigenvalue weighted by atomic mass is 16.2. The smallest absolute Gasteiger partial charge is 0.222 e. The van der Waals surface area contributed by atoms with Crippen LogP contribution in [-0.2, 0) is 4.79 Å². The summed E-state index contributed by atoms with van der Waals surface area (Å²) in [6.45, 7) is 6.08. The zero-order chi connectivity index (χ0) is 13.5. The second-order valence-corrected chi connectivity index (χ2v) is 6.07. The summed E-state index contributed by atoms with van der Waals surface area (Å²) in [5, 5.41) is 0. The Morgan fingerprint density at radius 3 is 2.63 bits per heavy atom. The molecule has 1 amide bonds. The first kappa shape index (κ1) is 14.8. The summed E-state index contributed by atoms with van der Waals surface area (Å²) in [5.41, 5.74) is 5.51. The van der Waals surface area contributed by atoms with Crippen molar-refractivity contribution in [3.05, 3.63) is 0 Å². The van der Waals surface area contributed by atoms with Gasteiger partial charge in [-0.15, -0.1) is 0 Å². The Morgan fingerprint density at radius 1 is 1.05 bits per heavy atom. The van der Waals surface area contributed by atoms with E-state index in [0.717, 1.165) is 52.0 Å². The van der Waals surface area contributed by atoms with Gasteiger partial charge < -0.3 is 15.5 Å². The molecular formula is C15H29N3O. The molecule has 0 bridgehead atoms. The van der Waals surface area contributed by atoms with Gasteiger partial charge in [-0.25, -0.2) is 0 Å². The average molecular weight is 267 g/mol. The Labute approximate surface area is 117 Å². The first-order chi connectivity index (χ1) is 9.29. The van der Waals surface area contributed by atoms with Gasteiger partial charge in [-0.05, 0) is 57.7 Å². The predicted molar refractivity (Wildman–Crippen MR) is 77.9 cm³/mol. The van der Waals surface area contributed by atoms with Crippen LogP contribution in [-0.4, -0.2) is 55.0 Å². The lowest BCUT2D eigenvalue weighted by Crippen LogP contribution is -2.35. The van der Waals surface area contributed by atoms with E-state index in [-0.39, 0.29) is 0 Å². The molecule has 0 aromatic heterocycles. The minimum absolute atomic E-state index is 0.396. The summed E-state index contributed by atoms with van der Waals surface area (Å²) in [6, 6.07) is 0. The molecule has 2 aliphatic rings. The van der Waals surface area contributed by atoms with Crippen molar-refractivity contribution in [2.75, 3.05) is 39.3 Å². The van der Waals surface area contributed by atoms with Crippen LogP contribution in [0.2, 0.25) is 0 Å². The second kappa shape index (κ2) is 7.85. The van der Waals surface area contributed by atoms with E-state index in [1.807, 2.05) is 0 Å². The molecule has 2 rings (SSSR count). The van der Waals surface area contributed by atoms with Crippen LogP contribution in [0, 0.1) is 5.92 Å². The summed E-state index contributed by atoms with van der Waals surface area (Å²) in [6.07, 6.45) is 8.09. The SMILES string of the molecule is NCCCCCN1CCCN(C(=O)CC2CC2)CC1. The minimum Gasteiger partial charge on any atom is -0.341 e. The third kappa shape index (κ3) is 5.49. The largest absolute Gasteiger partial charge is 0.341 e. The van der Waals surface area contributed by atoms with Crippen LogP contribution in [0.15, 0.2) is 0 Å². The van der Waals surface area contributed by atoms with E-state index in [1.165, 1.54) is 32.2 Å². The fourth-order valence-electron chi connectivity index (χ4n) is 2.80. The summed E-state index contributed by atoms with van der Waals surface area (Å²) in [5.74, 6) is 1.11. The zero-order valence-electron chi connectivity index (χ0n) is 12.1. The van der Waals surface area contributed by atoms with Gasteiger partial charge in [-0.3, -0.25) is 4.79 Å². The van der Waals surface area contributed by atoms with Gasteiger partial charge in [0, 0.05) is 26.1 Å². The molecule has 1 aliphatic carbocycles. The molecule has 0 unspecified atom stereocenters. The van der Waals surface area contributed by atoms with Crippen LogP contribution in [0.3, 0.4) is 0 Å². The summed E-state index contributed by atoms with van der Waals surface area (Å²) < 4.78 is 0. The Kier molecular flexibility index (Phi) is 6.11. The van der Waals surface area contributed by atoms with Crippen molar-refractivity contribution in [2.45, 2.75) is 44.9 Å². The molecule has 2 fully saturated rings. The molecule has 110 valence electrons. The maximum absolute atomic E-state index is 12.1. The summed E-state index contributed by atoms with van der Waals surface area (Å²) in [7, 11) is 0. The zero-order valence-corrected chi connectivity index (χ0v) is 12.1. The quantitative estimate of drug-likeness (QED) is 0.710. The van der Waals surface area contributed by atoms with Gasteiger partial charge in [0.25, 0.3) is 0 Å². The maximum Gasteiger partial charge on any atom is 0.222 e. The van der Waals surface area contributed by atoms with Crippen LogP contribution in [0.1, 0.15) is 44.9 Å². The van der Waals surface area contributed by atoms with Crippen LogP contribution in [0.4, 0.5) is 0 Å². The molecule has 19 heavy (non-hydrogen) atoms. The van der Waals surface area contributed by atoms with E-state index in [9.17, 15) is 4.79 Å². The number of carbonyl (C=O) groups is 1. The molecule has 0 atom stereocenters. The molecule has 0 radical (unpaired) electrons. The van der Waals surface area contributed by atoms with Crippen LogP contribution in [0.25, 0.3) is 0 Å². The van der Waals surface area contributed by atoms with E-state index in [4.69, 9.17) is 5.73 Å². The first-order valence-corrected chi connectivity index (χ1v) is 8.00. The molecule has 1 saturated heterocycles. The number of carbonyl (C=O) groups excluding carboxylic acids is 1. The van der Waals surface area contributed by atoms with Crippen LogP contribution < -0.4 is 5.73 Å². The van der Waals surface area contributed by atoms with E-state index in [0.29, 0.717) is 11.8 Å². The third-order valence-corrected chi connectivity index (χ3v) is 4.28. The average Bonchev–Trinajstić information content (AvgIpc) is 3.21. The lowest BCUT2D eigenvalue weighted by Gasteiger charge is -2.22. The lowest BCUT2D eigenvalue weighted by atomic mass is 10.2. The number of unbranched alkanes of at least 4 members (excludes halogenated alkanes) is 2. The number of nitrogens with zero attached hydrogens (tertiary/aromatic N) is 2. The highest BCUT2D eigenvalue weighted by Gasteiger charge is 2.27. The number of amides is 1. The molecule has 4 heteroatoms. The molecule has 4 nitrogen and oxygen atoms in total. The molecule has 0 spiro atoms. The van der Waals surface area contributed by atoms with Gasteiger partial charge in [-0.1, -0.05) is 6.42 Å². The van der Waals surface area contributed by atoms with E-state index in [1.54, 1.807) is 0 Å². The van der Waals surface area contributed by atoms with E-state index >= 15 is 0 Å². The van der Waals surface area contributed by atoms with Crippen LogP contribution in [0.5, 0.6) is 0 Å². The van der Waals surface area contributed by atoms with Crippen molar-refractivity contribution in [1.29, 1.82) is 0 Å². The first-order valence-electron chi connectivity index (χ1n) is 8.00. The van der Waals surface area contributed by atoms with Gasteiger partial charge in [-0.2, -0.15) is 0 Å². The Balaban J connectivity index is 1.64. The predicted octanol–water partition coefficient (Wildman–Crippen LogP) is 1.45. The van der Waals surface area contributed by atoms with Crippen molar-refractivity contribution in [1.82, 2.24) is 9.80 Å². The van der Waals surface area contributed by atoms with Gasteiger partial charge in [0.2, 0.25) is 5.91 Å². The van der Waals surface area contributed by atoms with Gasteiger partial charge >= 0.3 is 0 Å². The van der Waals surface area contributed by atoms with Gasteiger partial charge in [0.1, 0.15) is 0 Å². The molecule has 0 aromatic carbocycles. The number of hydrogen-bond acceptors (Lipinski definition) is 3. The van der Waals surface area contributed by atoms with E-state index < -0.39 is 0 Å². The Morgan fingerprint density at radius 2 is 1.89 bits per heavy atom. The van der Waals surface area contributed by atoms with Crippen molar-refractivity contribution in [3.8, 4) is 0 Å². The standard InChI is InChI=1S/C15H29N3O/c16-7-2-1-3-8-17-9-4-10-18(12-11-17)15(19)13-14-5-6-14/h14H,1-13,16H2. The monoisotopic (exact) mass is 267 g/mol. The molecule has 1 heterocycles. The Hall–Kier alpha value is -0.610. The van der Waals surface area contributed by atoms with Crippen molar-refractivity contribution < 1.29 is 4.79 Å². The minimum atomic E-state index is 0.396. The number of rotatable bonds is 7. The number of hydrogen-bond donors (Lipinski definition) is 1. The van der Waals surface area contributed by atoms with Gasteiger partial charge in [0.15, 0.2) is 0 Å².